The van der Waals surface area contributed by atoms with Crippen LogP contribution in [0.1, 0.15) is 36.0 Å². The molecule has 0 saturated carbocycles. The second-order valence-corrected chi connectivity index (χ2v) is 11.7. The van der Waals surface area contributed by atoms with E-state index in [-0.39, 0.29) is 5.56 Å². The van der Waals surface area contributed by atoms with Gasteiger partial charge < -0.3 is 18.9 Å². The standard InChI is InChI=1S/C35H27F12NO7/c1-2-27(49)53-20-6-4-3-5-19-52-24-13-11-22(12-14-24)21-7-9-23(10-8-21)28(50)54-25-15-17-26(18-16-25)55-29(51)30(36,33(41,42)43)48-34(44,45)31(37,38)32(39,40)35(48,46)47/h2,7-18H,1,3-6,19-20H2. The molecule has 1 saturated heterocycles. The van der Waals surface area contributed by atoms with E-state index in [4.69, 9.17) is 14.2 Å². The van der Waals surface area contributed by atoms with Crippen LogP contribution < -0.4 is 14.2 Å². The molecule has 298 valence electrons. The summed E-state index contributed by atoms with van der Waals surface area (Å²) in [4.78, 5) is 32.2. The Kier molecular flexibility index (Phi) is 12.2. The molecule has 4 rings (SSSR count). The molecule has 55 heavy (non-hydrogen) atoms. The summed E-state index contributed by atoms with van der Waals surface area (Å²) < 4.78 is 186. The normalized spacial score (nSPS) is 18.1. The quantitative estimate of drug-likeness (QED) is 0.0376. The van der Waals surface area contributed by atoms with Gasteiger partial charge in [-0.15, -0.1) is 4.90 Å². The zero-order valence-corrected chi connectivity index (χ0v) is 27.8. The smallest absolute Gasteiger partial charge is 0.448 e. The van der Waals surface area contributed by atoms with Crippen LogP contribution in [0, 0.1) is 0 Å². The van der Waals surface area contributed by atoms with Crippen molar-refractivity contribution in [1.82, 2.24) is 4.90 Å². The second kappa shape index (κ2) is 15.8. The summed E-state index contributed by atoms with van der Waals surface area (Å²) in [6, 6.07) is 0.642. The summed E-state index contributed by atoms with van der Waals surface area (Å²) in [5.41, 5.74) is 1.39. The Labute approximate surface area is 303 Å². The minimum atomic E-state index is -7.28. The third-order valence-corrected chi connectivity index (χ3v) is 7.94. The van der Waals surface area contributed by atoms with Crippen LogP contribution in [-0.4, -0.2) is 71.9 Å². The van der Waals surface area contributed by atoms with Gasteiger partial charge in [0.2, 0.25) is 0 Å². The second-order valence-electron chi connectivity index (χ2n) is 11.7. The summed E-state index contributed by atoms with van der Waals surface area (Å²) in [7, 11) is 0. The van der Waals surface area contributed by atoms with Gasteiger partial charge in [-0.05, 0) is 85.3 Å². The molecule has 0 bridgehead atoms. The minimum Gasteiger partial charge on any atom is -0.494 e. The van der Waals surface area contributed by atoms with E-state index >= 15 is 4.39 Å². The first-order valence-corrected chi connectivity index (χ1v) is 15.8. The Morgan fingerprint density at radius 3 is 1.53 bits per heavy atom. The number of hydrogen-bond acceptors (Lipinski definition) is 8. The van der Waals surface area contributed by atoms with Crippen molar-refractivity contribution >= 4 is 17.9 Å². The first kappa shape index (κ1) is 42.5. The van der Waals surface area contributed by atoms with E-state index in [1.165, 1.54) is 12.1 Å². The fourth-order valence-electron chi connectivity index (χ4n) is 4.99. The van der Waals surface area contributed by atoms with Gasteiger partial charge in [-0.25, -0.2) is 18.8 Å². The van der Waals surface area contributed by atoms with Crippen LogP contribution in [0.4, 0.5) is 52.7 Å². The van der Waals surface area contributed by atoms with Crippen molar-refractivity contribution in [2.45, 2.75) is 61.6 Å². The highest BCUT2D eigenvalue weighted by molar-refractivity contribution is 5.91. The molecule has 0 aromatic heterocycles. The lowest BCUT2D eigenvalue weighted by Gasteiger charge is -2.38. The number of esters is 3. The molecule has 1 fully saturated rings. The van der Waals surface area contributed by atoms with Crippen molar-refractivity contribution in [1.29, 1.82) is 0 Å². The Bertz CT molecular complexity index is 1830. The van der Waals surface area contributed by atoms with Crippen LogP contribution in [0.25, 0.3) is 11.1 Å². The number of carbonyl (C=O) groups excluding carboxylic acids is 3. The van der Waals surface area contributed by atoms with Gasteiger partial charge in [0, 0.05) is 6.08 Å². The maximum absolute atomic E-state index is 15.1. The number of nitrogens with zero attached hydrogens (tertiary/aromatic N) is 1. The van der Waals surface area contributed by atoms with Gasteiger partial charge in [0.1, 0.15) is 17.2 Å². The number of benzene rings is 3. The minimum absolute atomic E-state index is 0.0217. The lowest BCUT2D eigenvalue weighted by Crippen LogP contribution is -2.70. The Morgan fingerprint density at radius 2 is 1.05 bits per heavy atom. The summed E-state index contributed by atoms with van der Waals surface area (Å²) in [6.07, 6.45) is -2.96. The van der Waals surface area contributed by atoms with Gasteiger partial charge in [0.15, 0.2) is 0 Å². The highest BCUT2D eigenvalue weighted by Gasteiger charge is 2.98. The zero-order valence-electron chi connectivity index (χ0n) is 27.8. The van der Waals surface area contributed by atoms with Gasteiger partial charge >= 0.3 is 53.8 Å². The summed E-state index contributed by atoms with van der Waals surface area (Å²) in [6.45, 7) is 4.09. The molecule has 0 amide bonds. The van der Waals surface area contributed by atoms with Gasteiger partial charge in [-0.3, -0.25) is 0 Å². The van der Waals surface area contributed by atoms with Crippen molar-refractivity contribution in [2.24, 2.45) is 0 Å². The number of halogens is 12. The molecule has 1 heterocycles. The van der Waals surface area contributed by atoms with E-state index in [0.717, 1.165) is 30.9 Å². The molecule has 20 heteroatoms. The number of carbonyl (C=O) groups is 3. The number of hydrogen-bond donors (Lipinski definition) is 0. The first-order chi connectivity index (χ1) is 25.5. The predicted octanol–water partition coefficient (Wildman–Crippen LogP) is 9.15. The molecule has 1 aliphatic heterocycles. The largest absolute Gasteiger partial charge is 0.494 e. The fraction of sp³-hybridized carbons (Fsp3) is 0.343. The van der Waals surface area contributed by atoms with Crippen molar-refractivity contribution in [3.63, 3.8) is 0 Å². The third kappa shape index (κ3) is 8.23. The molecule has 1 unspecified atom stereocenters. The van der Waals surface area contributed by atoms with Crippen LogP contribution in [0.5, 0.6) is 17.2 Å². The van der Waals surface area contributed by atoms with Crippen LogP contribution in [0.3, 0.4) is 0 Å². The number of unbranched alkanes of at least 4 members (excludes halogenated alkanes) is 3. The van der Waals surface area contributed by atoms with Gasteiger partial charge in [0.05, 0.1) is 18.8 Å². The molecule has 8 nitrogen and oxygen atoms in total. The van der Waals surface area contributed by atoms with E-state index in [0.29, 0.717) is 55.2 Å². The third-order valence-electron chi connectivity index (χ3n) is 7.94. The maximum atomic E-state index is 15.1. The fourth-order valence-corrected chi connectivity index (χ4v) is 4.99. The van der Waals surface area contributed by atoms with Gasteiger partial charge in [-0.2, -0.15) is 48.3 Å². The molecule has 3 aromatic carbocycles. The molecule has 0 aliphatic carbocycles. The van der Waals surface area contributed by atoms with E-state index in [9.17, 15) is 62.7 Å². The summed E-state index contributed by atoms with van der Waals surface area (Å²) >= 11 is 0. The van der Waals surface area contributed by atoms with Gasteiger partial charge in [0.25, 0.3) is 0 Å². The molecule has 3 aromatic rings. The van der Waals surface area contributed by atoms with Crippen LogP contribution in [0.2, 0.25) is 0 Å². The molecule has 1 aliphatic rings. The topological polar surface area (TPSA) is 91.4 Å². The zero-order chi connectivity index (χ0) is 41.0. The molecular weight excluding hydrogens is 774 g/mol. The summed E-state index contributed by atoms with van der Waals surface area (Å²) in [5, 5.41) is 0. The lowest BCUT2D eigenvalue weighted by atomic mass is 10.0. The SMILES string of the molecule is C=CC(=O)OCCCCCCOc1ccc(-c2ccc(C(=O)Oc3ccc(OC(=O)C(F)(N4C(F)(F)C(F)(F)C(F)(F)C4(F)F)C(F)(F)F)cc3)cc2)cc1. The average molecular weight is 802 g/mol. The molecule has 1 atom stereocenters. The van der Waals surface area contributed by atoms with Crippen molar-refractivity contribution in [3.05, 3.63) is 91.0 Å². The van der Waals surface area contributed by atoms with Crippen LogP contribution in [0.15, 0.2) is 85.5 Å². The van der Waals surface area contributed by atoms with Crippen molar-refractivity contribution in [2.75, 3.05) is 13.2 Å². The number of alkyl halides is 12. The van der Waals surface area contributed by atoms with Crippen LogP contribution in [-0.2, 0) is 14.3 Å². The summed E-state index contributed by atoms with van der Waals surface area (Å²) in [5.74, 6) is -27.7. The number of rotatable bonds is 15. The van der Waals surface area contributed by atoms with Crippen LogP contribution >= 0.6 is 0 Å². The van der Waals surface area contributed by atoms with E-state index < -0.39 is 70.2 Å². The molecular formula is C35H27F12NO7. The van der Waals surface area contributed by atoms with Crippen molar-refractivity contribution < 1.29 is 86.0 Å². The predicted molar refractivity (Wildman–Crippen MR) is 166 cm³/mol. The number of likely N-dealkylation sites (tertiary alicyclic amines) is 1. The van der Waals surface area contributed by atoms with E-state index in [2.05, 4.69) is 11.3 Å². The average Bonchev–Trinajstić information content (AvgIpc) is 3.19. The first-order valence-electron chi connectivity index (χ1n) is 15.8. The Morgan fingerprint density at radius 1 is 0.618 bits per heavy atom. The van der Waals surface area contributed by atoms with Gasteiger partial charge in [-0.1, -0.05) is 30.8 Å². The molecule has 0 radical (unpaired) electrons. The number of ether oxygens (including phenoxy) is 4. The highest BCUT2D eigenvalue weighted by Crippen LogP contribution is 2.66. The Hall–Kier alpha value is -5.27. The molecule has 0 N–H and O–H groups in total. The Balaban J connectivity index is 1.34. The highest BCUT2D eigenvalue weighted by atomic mass is 19.4. The monoisotopic (exact) mass is 801 g/mol. The van der Waals surface area contributed by atoms with Crippen molar-refractivity contribution in [3.8, 4) is 28.4 Å². The maximum Gasteiger partial charge on any atom is 0.448 e. The molecule has 0 spiro atoms. The van der Waals surface area contributed by atoms with E-state index in [1.54, 1.807) is 36.4 Å². The lowest BCUT2D eigenvalue weighted by molar-refractivity contribution is -0.382. The van der Waals surface area contributed by atoms with E-state index in [1.807, 2.05) is 0 Å².